The molecule has 3 aliphatic rings. The molecule has 0 saturated carbocycles. The first-order valence-electron chi connectivity index (χ1n) is 8.89. The van der Waals surface area contributed by atoms with Crippen LogP contribution in [0.2, 0.25) is 5.02 Å². The zero-order chi connectivity index (χ0) is 17.7. The van der Waals surface area contributed by atoms with Gasteiger partial charge in [0, 0.05) is 30.0 Å². The summed E-state index contributed by atoms with van der Waals surface area (Å²) in [7, 11) is 0. The fraction of sp³-hybridized carbons (Fsp3) is 0.421. The van der Waals surface area contributed by atoms with Crippen molar-refractivity contribution in [3.8, 4) is 0 Å². The molecule has 1 aromatic carbocycles. The molecule has 134 valence electrons. The molecule has 5 rings (SSSR count). The first kappa shape index (κ1) is 16.0. The fourth-order valence-electron chi connectivity index (χ4n) is 4.06. The number of fused-ring (bicyclic) bond motifs is 1. The third-order valence-corrected chi connectivity index (χ3v) is 6.08. The standard InChI is InChI=1S/C19H19ClN4O2/c20-16-3-1-2-12-6-14(7-15(12)16)23-18-21-8-13(9-22-18)17(25)24-5-4-19(24)10-26-11-19/h1-3,8-9,14H,4-7,10-11H2,(H,21,22,23). The van der Waals surface area contributed by atoms with Crippen LogP contribution in [0.4, 0.5) is 5.95 Å². The Labute approximate surface area is 156 Å². The quantitative estimate of drug-likeness (QED) is 0.898. The molecule has 0 radical (unpaired) electrons. The van der Waals surface area contributed by atoms with E-state index in [2.05, 4.69) is 21.4 Å². The molecule has 26 heavy (non-hydrogen) atoms. The Kier molecular flexibility index (Phi) is 3.65. The molecule has 6 nitrogen and oxygen atoms in total. The van der Waals surface area contributed by atoms with Gasteiger partial charge in [-0.15, -0.1) is 0 Å². The van der Waals surface area contributed by atoms with Crippen molar-refractivity contribution in [2.45, 2.75) is 30.8 Å². The van der Waals surface area contributed by atoms with Gasteiger partial charge in [-0.05, 0) is 36.5 Å². The van der Waals surface area contributed by atoms with Crippen molar-refractivity contribution >= 4 is 23.5 Å². The van der Waals surface area contributed by atoms with Crippen LogP contribution in [0.1, 0.15) is 27.9 Å². The lowest BCUT2D eigenvalue weighted by atomic mass is 9.82. The summed E-state index contributed by atoms with van der Waals surface area (Å²) in [6, 6.07) is 6.24. The number of halogens is 1. The third kappa shape index (κ3) is 2.47. The van der Waals surface area contributed by atoms with E-state index in [1.165, 1.54) is 11.1 Å². The van der Waals surface area contributed by atoms with Gasteiger partial charge in [0.15, 0.2) is 0 Å². The second-order valence-electron chi connectivity index (χ2n) is 7.35. The van der Waals surface area contributed by atoms with Crippen LogP contribution in [0.3, 0.4) is 0 Å². The summed E-state index contributed by atoms with van der Waals surface area (Å²) in [5, 5.41) is 4.17. The highest BCUT2D eigenvalue weighted by Crippen LogP contribution is 2.38. The molecular formula is C19H19ClN4O2. The molecule has 2 saturated heterocycles. The summed E-state index contributed by atoms with van der Waals surface area (Å²) in [5.41, 5.74) is 2.93. The molecule has 1 amide bonds. The highest BCUT2D eigenvalue weighted by atomic mass is 35.5. The molecule has 2 fully saturated rings. The van der Waals surface area contributed by atoms with E-state index in [0.29, 0.717) is 24.7 Å². The van der Waals surface area contributed by atoms with Crippen LogP contribution in [0.15, 0.2) is 30.6 Å². The molecule has 1 N–H and O–H groups in total. The van der Waals surface area contributed by atoms with Gasteiger partial charge in [-0.1, -0.05) is 23.7 Å². The average Bonchev–Trinajstić information content (AvgIpc) is 2.97. The minimum Gasteiger partial charge on any atom is -0.376 e. The van der Waals surface area contributed by atoms with Crippen molar-refractivity contribution in [1.29, 1.82) is 0 Å². The number of rotatable bonds is 3. The number of nitrogens with one attached hydrogen (secondary N) is 1. The Balaban J connectivity index is 1.25. The number of anilines is 1. The lowest BCUT2D eigenvalue weighted by molar-refractivity contribution is -0.172. The van der Waals surface area contributed by atoms with Gasteiger partial charge in [-0.25, -0.2) is 9.97 Å². The Morgan fingerprint density at radius 3 is 2.69 bits per heavy atom. The number of benzene rings is 1. The van der Waals surface area contributed by atoms with Crippen LogP contribution in [0, 0.1) is 0 Å². The Morgan fingerprint density at radius 2 is 2.08 bits per heavy atom. The lowest BCUT2D eigenvalue weighted by Gasteiger charge is -2.57. The molecular weight excluding hydrogens is 352 g/mol. The van der Waals surface area contributed by atoms with Crippen molar-refractivity contribution in [1.82, 2.24) is 14.9 Å². The van der Waals surface area contributed by atoms with Crippen molar-refractivity contribution in [2.75, 3.05) is 25.1 Å². The molecule has 7 heteroatoms. The van der Waals surface area contributed by atoms with Crippen LogP contribution >= 0.6 is 11.6 Å². The molecule has 2 aliphatic heterocycles. The first-order chi connectivity index (χ1) is 12.6. The number of amides is 1. The van der Waals surface area contributed by atoms with Gasteiger partial charge < -0.3 is 15.0 Å². The van der Waals surface area contributed by atoms with Crippen LogP contribution in [0.5, 0.6) is 0 Å². The summed E-state index contributed by atoms with van der Waals surface area (Å²) in [6.07, 6.45) is 5.99. The minimum atomic E-state index is -0.0666. The number of likely N-dealkylation sites (tertiary alicyclic amines) is 1. The number of nitrogens with zero attached hydrogens (tertiary/aromatic N) is 3. The molecule has 1 atom stereocenters. The summed E-state index contributed by atoms with van der Waals surface area (Å²) < 4.78 is 5.28. The molecule has 0 bridgehead atoms. The molecule has 3 heterocycles. The van der Waals surface area contributed by atoms with Crippen LogP contribution in [0.25, 0.3) is 0 Å². The van der Waals surface area contributed by atoms with Crippen molar-refractivity contribution < 1.29 is 9.53 Å². The number of hydrogen-bond donors (Lipinski definition) is 1. The smallest absolute Gasteiger partial charge is 0.257 e. The van der Waals surface area contributed by atoms with E-state index in [4.69, 9.17) is 16.3 Å². The maximum Gasteiger partial charge on any atom is 0.257 e. The van der Waals surface area contributed by atoms with E-state index in [9.17, 15) is 4.79 Å². The van der Waals surface area contributed by atoms with Gasteiger partial charge >= 0.3 is 0 Å². The highest BCUT2D eigenvalue weighted by Gasteiger charge is 2.53. The number of ether oxygens (including phenoxy) is 1. The van der Waals surface area contributed by atoms with E-state index >= 15 is 0 Å². The topological polar surface area (TPSA) is 67.4 Å². The van der Waals surface area contributed by atoms with Gasteiger partial charge in [0.05, 0.1) is 24.3 Å². The van der Waals surface area contributed by atoms with E-state index in [1.807, 2.05) is 17.0 Å². The highest BCUT2D eigenvalue weighted by molar-refractivity contribution is 6.31. The van der Waals surface area contributed by atoms with Gasteiger partial charge in [0.2, 0.25) is 5.95 Å². The SMILES string of the molecule is O=C(c1cnc(NC2Cc3cccc(Cl)c3C2)nc1)N1CCC12COC2. The molecule has 1 aliphatic carbocycles. The Hall–Kier alpha value is -2.18. The average molecular weight is 371 g/mol. The first-order valence-corrected chi connectivity index (χ1v) is 9.27. The summed E-state index contributed by atoms with van der Waals surface area (Å²) in [5.74, 6) is 0.534. The van der Waals surface area contributed by atoms with Crippen molar-refractivity contribution in [2.24, 2.45) is 0 Å². The van der Waals surface area contributed by atoms with E-state index in [0.717, 1.165) is 30.8 Å². The van der Waals surface area contributed by atoms with Crippen LogP contribution < -0.4 is 5.32 Å². The summed E-state index contributed by atoms with van der Waals surface area (Å²) in [6.45, 7) is 2.07. The van der Waals surface area contributed by atoms with E-state index < -0.39 is 0 Å². The largest absolute Gasteiger partial charge is 0.376 e. The number of carbonyl (C=O) groups excluding carboxylic acids is 1. The maximum atomic E-state index is 12.6. The number of hydrogen-bond acceptors (Lipinski definition) is 5. The Bertz CT molecular complexity index is 861. The number of carbonyl (C=O) groups is 1. The van der Waals surface area contributed by atoms with Gasteiger partial charge in [0.1, 0.15) is 0 Å². The second-order valence-corrected chi connectivity index (χ2v) is 7.75. The third-order valence-electron chi connectivity index (χ3n) is 5.72. The monoisotopic (exact) mass is 370 g/mol. The minimum absolute atomic E-state index is 0.00819. The zero-order valence-electron chi connectivity index (χ0n) is 14.2. The van der Waals surface area contributed by atoms with Crippen molar-refractivity contribution in [3.05, 3.63) is 52.3 Å². The molecule has 1 aromatic heterocycles. The summed E-state index contributed by atoms with van der Waals surface area (Å²) >= 11 is 6.27. The summed E-state index contributed by atoms with van der Waals surface area (Å²) in [4.78, 5) is 23.2. The molecule has 2 aromatic rings. The normalized spacial score (nSPS) is 22.5. The van der Waals surface area contributed by atoms with Crippen molar-refractivity contribution in [3.63, 3.8) is 0 Å². The number of aromatic nitrogens is 2. The molecule has 1 unspecified atom stereocenters. The van der Waals surface area contributed by atoms with E-state index in [1.54, 1.807) is 12.4 Å². The van der Waals surface area contributed by atoms with Gasteiger partial charge in [0.25, 0.3) is 5.91 Å². The van der Waals surface area contributed by atoms with Gasteiger partial charge in [-0.3, -0.25) is 4.79 Å². The maximum absolute atomic E-state index is 12.6. The Morgan fingerprint density at radius 1 is 1.27 bits per heavy atom. The zero-order valence-corrected chi connectivity index (χ0v) is 15.0. The second kappa shape index (κ2) is 5.93. The molecule has 1 spiro atoms. The van der Waals surface area contributed by atoms with Crippen LogP contribution in [-0.2, 0) is 17.6 Å². The predicted molar refractivity (Wildman–Crippen MR) is 97.5 cm³/mol. The van der Waals surface area contributed by atoms with Crippen LogP contribution in [-0.4, -0.2) is 52.1 Å². The lowest BCUT2D eigenvalue weighted by Crippen LogP contribution is -2.72. The van der Waals surface area contributed by atoms with Gasteiger partial charge in [-0.2, -0.15) is 0 Å². The van der Waals surface area contributed by atoms with E-state index in [-0.39, 0.29) is 17.5 Å². The fourth-order valence-corrected chi connectivity index (χ4v) is 4.33. The predicted octanol–water partition coefficient (Wildman–Crippen LogP) is 2.32.